The van der Waals surface area contributed by atoms with Gasteiger partial charge in [-0.3, -0.25) is 9.78 Å². The quantitative estimate of drug-likeness (QED) is 0.945. The number of aryl methyl sites for hydroxylation is 1. The van der Waals surface area contributed by atoms with Gasteiger partial charge in [0.1, 0.15) is 11.5 Å². The maximum atomic E-state index is 12.7. The number of pyridine rings is 1. The molecule has 0 fully saturated rings. The molecule has 1 aliphatic rings. The lowest BCUT2D eigenvalue weighted by Crippen LogP contribution is -2.18. The van der Waals surface area contributed by atoms with E-state index in [-0.39, 0.29) is 5.91 Å². The minimum absolute atomic E-state index is 0.119. The summed E-state index contributed by atoms with van der Waals surface area (Å²) in [6.07, 6.45) is 6.64. The van der Waals surface area contributed by atoms with Crippen molar-refractivity contribution in [3.8, 4) is 0 Å². The number of aromatic nitrogens is 3. The number of rotatable bonds is 3. The normalized spacial score (nSPS) is 14.0. The number of carbonyl (C=O) groups is 1. The lowest BCUT2D eigenvalue weighted by atomic mass is 10.1. The molecule has 5 heteroatoms. The van der Waals surface area contributed by atoms with Crippen molar-refractivity contribution in [2.24, 2.45) is 0 Å². The molecule has 1 N–H and O–H groups in total. The number of anilines is 1. The summed E-state index contributed by atoms with van der Waals surface area (Å²) in [4.78, 5) is 21.4. The maximum Gasteiger partial charge on any atom is 0.276 e. The SMILES string of the molecule is Cc1cnccc1NC(=O)c1nc(C(C)C)n2c1CCCC2. The smallest absolute Gasteiger partial charge is 0.276 e. The van der Waals surface area contributed by atoms with Crippen LogP contribution < -0.4 is 5.32 Å². The highest BCUT2D eigenvalue weighted by Crippen LogP contribution is 2.26. The molecule has 0 radical (unpaired) electrons. The molecule has 0 saturated carbocycles. The summed E-state index contributed by atoms with van der Waals surface area (Å²) in [5.74, 6) is 1.22. The number of hydrogen-bond acceptors (Lipinski definition) is 3. The highest BCUT2D eigenvalue weighted by Gasteiger charge is 2.25. The highest BCUT2D eigenvalue weighted by atomic mass is 16.1. The molecule has 0 aliphatic carbocycles. The van der Waals surface area contributed by atoms with Crippen LogP contribution in [0.5, 0.6) is 0 Å². The summed E-state index contributed by atoms with van der Waals surface area (Å²) in [7, 11) is 0. The summed E-state index contributed by atoms with van der Waals surface area (Å²) in [5, 5.41) is 2.97. The lowest BCUT2D eigenvalue weighted by Gasteiger charge is -2.18. The van der Waals surface area contributed by atoms with E-state index in [0.29, 0.717) is 11.6 Å². The predicted molar refractivity (Wildman–Crippen MR) is 86.2 cm³/mol. The van der Waals surface area contributed by atoms with Crippen LogP contribution >= 0.6 is 0 Å². The first-order chi connectivity index (χ1) is 10.6. The van der Waals surface area contributed by atoms with Crippen molar-refractivity contribution < 1.29 is 4.79 Å². The molecule has 3 rings (SSSR count). The third kappa shape index (κ3) is 2.63. The molecule has 2 aromatic heterocycles. The van der Waals surface area contributed by atoms with Crippen LogP contribution in [0.1, 0.15) is 60.2 Å². The van der Waals surface area contributed by atoms with Gasteiger partial charge in [0.25, 0.3) is 5.91 Å². The van der Waals surface area contributed by atoms with Gasteiger partial charge in [0.05, 0.1) is 5.69 Å². The van der Waals surface area contributed by atoms with Gasteiger partial charge in [-0.1, -0.05) is 13.8 Å². The third-order valence-electron chi connectivity index (χ3n) is 4.15. The van der Waals surface area contributed by atoms with Crippen LogP contribution in [-0.4, -0.2) is 20.4 Å². The summed E-state index contributed by atoms with van der Waals surface area (Å²) in [6, 6.07) is 1.82. The molecule has 5 nitrogen and oxygen atoms in total. The number of imidazole rings is 1. The Bertz CT molecular complexity index is 703. The number of nitrogens with zero attached hydrogens (tertiary/aromatic N) is 3. The Morgan fingerprint density at radius 3 is 2.91 bits per heavy atom. The van der Waals surface area contributed by atoms with E-state index in [4.69, 9.17) is 0 Å². The lowest BCUT2D eigenvalue weighted by molar-refractivity contribution is 0.102. The standard InChI is InChI=1S/C17H22N4O/c1-11(2)16-20-15(14-6-4-5-9-21(14)16)17(22)19-13-7-8-18-10-12(13)3/h7-8,10-11H,4-6,9H2,1-3H3,(H,18,19,22). The molecule has 0 bridgehead atoms. The summed E-state index contributed by atoms with van der Waals surface area (Å²) >= 11 is 0. The molecule has 1 amide bonds. The Balaban J connectivity index is 1.94. The fourth-order valence-corrected chi connectivity index (χ4v) is 2.99. The minimum atomic E-state index is -0.119. The van der Waals surface area contributed by atoms with Gasteiger partial charge in [0.2, 0.25) is 0 Å². The Morgan fingerprint density at radius 1 is 1.36 bits per heavy atom. The van der Waals surface area contributed by atoms with Gasteiger partial charge in [-0.25, -0.2) is 4.98 Å². The topological polar surface area (TPSA) is 59.8 Å². The predicted octanol–water partition coefficient (Wildman–Crippen LogP) is 3.30. The first-order valence-corrected chi connectivity index (χ1v) is 7.89. The van der Waals surface area contributed by atoms with Crippen molar-refractivity contribution in [1.29, 1.82) is 0 Å². The summed E-state index contributed by atoms with van der Waals surface area (Å²) < 4.78 is 2.24. The Morgan fingerprint density at radius 2 is 2.18 bits per heavy atom. The fourth-order valence-electron chi connectivity index (χ4n) is 2.99. The van der Waals surface area contributed by atoms with E-state index in [1.54, 1.807) is 12.4 Å². The van der Waals surface area contributed by atoms with E-state index in [1.807, 2.05) is 13.0 Å². The molecule has 0 unspecified atom stereocenters. The van der Waals surface area contributed by atoms with Gasteiger partial charge in [0, 0.05) is 30.5 Å². The maximum absolute atomic E-state index is 12.7. The van der Waals surface area contributed by atoms with E-state index < -0.39 is 0 Å². The number of fused-ring (bicyclic) bond motifs is 1. The van der Waals surface area contributed by atoms with Crippen LogP contribution in [0, 0.1) is 6.92 Å². The molecule has 1 aliphatic heterocycles. The second kappa shape index (κ2) is 5.91. The van der Waals surface area contributed by atoms with Crippen LogP contribution in [-0.2, 0) is 13.0 Å². The van der Waals surface area contributed by atoms with Crippen molar-refractivity contribution in [1.82, 2.24) is 14.5 Å². The zero-order chi connectivity index (χ0) is 15.7. The number of carbonyl (C=O) groups excluding carboxylic acids is 1. The van der Waals surface area contributed by atoms with Crippen molar-refractivity contribution in [2.75, 3.05) is 5.32 Å². The fraction of sp³-hybridized carbons (Fsp3) is 0.471. The van der Waals surface area contributed by atoms with Crippen molar-refractivity contribution in [3.05, 3.63) is 41.2 Å². The van der Waals surface area contributed by atoms with Gasteiger partial charge in [-0.2, -0.15) is 0 Å². The molecule has 0 spiro atoms. The van der Waals surface area contributed by atoms with Crippen molar-refractivity contribution >= 4 is 11.6 Å². The minimum Gasteiger partial charge on any atom is -0.331 e. The molecule has 3 heterocycles. The summed E-state index contributed by atoms with van der Waals surface area (Å²) in [5.41, 5.74) is 3.41. The molecule has 116 valence electrons. The first-order valence-electron chi connectivity index (χ1n) is 7.89. The summed E-state index contributed by atoms with van der Waals surface area (Å²) in [6.45, 7) is 7.15. The van der Waals surface area contributed by atoms with Crippen LogP contribution in [0.15, 0.2) is 18.5 Å². The molecule has 0 atom stereocenters. The van der Waals surface area contributed by atoms with Crippen LogP contribution in [0.3, 0.4) is 0 Å². The van der Waals surface area contributed by atoms with E-state index in [1.165, 1.54) is 0 Å². The second-order valence-electron chi connectivity index (χ2n) is 6.17. The van der Waals surface area contributed by atoms with Crippen LogP contribution in [0.25, 0.3) is 0 Å². The Labute approximate surface area is 130 Å². The van der Waals surface area contributed by atoms with Crippen molar-refractivity contribution in [3.63, 3.8) is 0 Å². The van der Waals surface area contributed by atoms with Gasteiger partial charge in [0.15, 0.2) is 0 Å². The molecular formula is C17H22N4O. The van der Waals surface area contributed by atoms with Gasteiger partial charge < -0.3 is 9.88 Å². The van der Waals surface area contributed by atoms with Crippen LogP contribution in [0.2, 0.25) is 0 Å². The zero-order valence-electron chi connectivity index (χ0n) is 13.4. The van der Waals surface area contributed by atoms with E-state index in [0.717, 1.165) is 48.6 Å². The van der Waals surface area contributed by atoms with E-state index in [9.17, 15) is 4.79 Å². The average Bonchev–Trinajstić information content (AvgIpc) is 2.89. The largest absolute Gasteiger partial charge is 0.331 e. The Hall–Kier alpha value is -2.17. The van der Waals surface area contributed by atoms with Crippen LogP contribution in [0.4, 0.5) is 5.69 Å². The Kier molecular flexibility index (Phi) is 3.96. The first kappa shape index (κ1) is 14.8. The highest BCUT2D eigenvalue weighted by molar-refractivity contribution is 6.04. The molecule has 2 aromatic rings. The van der Waals surface area contributed by atoms with Crippen molar-refractivity contribution in [2.45, 2.75) is 52.5 Å². The van der Waals surface area contributed by atoms with Gasteiger partial charge in [-0.15, -0.1) is 0 Å². The average molecular weight is 298 g/mol. The van der Waals surface area contributed by atoms with E-state index in [2.05, 4.69) is 33.7 Å². The van der Waals surface area contributed by atoms with E-state index >= 15 is 0 Å². The molecule has 22 heavy (non-hydrogen) atoms. The second-order valence-corrected chi connectivity index (χ2v) is 6.17. The number of hydrogen-bond donors (Lipinski definition) is 1. The number of nitrogens with one attached hydrogen (secondary N) is 1. The van der Waals surface area contributed by atoms with Gasteiger partial charge >= 0.3 is 0 Å². The monoisotopic (exact) mass is 298 g/mol. The zero-order valence-corrected chi connectivity index (χ0v) is 13.4. The third-order valence-corrected chi connectivity index (χ3v) is 4.15. The molecular weight excluding hydrogens is 276 g/mol. The molecule has 0 aromatic carbocycles. The van der Waals surface area contributed by atoms with Gasteiger partial charge in [-0.05, 0) is 37.8 Å². The molecule has 0 saturated heterocycles. The number of amides is 1.